The Hall–Kier alpha value is -0.880. The van der Waals surface area contributed by atoms with Gasteiger partial charge in [-0.25, -0.2) is 8.42 Å². The molecule has 1 aliphatic rings. The van der Waals surface area contributed by atoms with Crippen molar-refractivity contribution in [3.63, 3.8) is 0 Å². The minimum Gasteiger partial charge on any atom is -0.390 e. The number of rotatable bonds is 1. The molecule has 0 spiro atoms. The van der Waals surface area contributed by atoms with Crippen LogP contribution >= 0.6 is 0 Å². The van der Waals surface area contributed by atoms with Crippen LogP contribution in [0.15, 0.2) is 0 Å². The summed E-state index contributed by atoms with van der Waals surface area (Å²) in [5.74, 6) is -0.176. The van der Waals surface area contributed by atoms with Crippen molar-refractivity contribution in [2.45, 2.75) is 32.9 Å². The van der Waals surface area contributed by atoms with Crippen molar-refractivity contribution in [2.24, 2.45) is 0 Å². The number of aliphatic hydroxyl groups is 1. The summed E-state index contributed by atoms with van der Waals surface area (Å²) in [5, 5.41) is 14.1. The van der Waals surface area contributed by atoms with Gasteiger partial charge >= 0.3 is 0 Å². The molecule has 0 radical (unpaired) electrons. The fourth-order valence-corrected chi connectivity index (χ4v) is 3.87. The minimum absolute atomic E-state index is 0.0183. The number of hydrogen-bond acceptors (Lipinski definition) is 4. The summed E-state index contributed by atoms with van der Waals surface area (Å²) in [6.45, 7) is 5.73. The molecule has 1 aliphatic heterocycles. The molecular weight excluding hydrogens is 228 g/mol. The molecule has 0 aromatic carbocycles. The Bertz CT molecular complexity index is 518. The van der Waals surface area contributed by atoms with Gasteiger partial charge in [0.15, 0.2) is 9.84 Å². The maximum Gasteiger partial charge on any atom is 0.155 e. The van der Waals surface area contributed by atoms with Gasteiger partial charge in [0.2, 0.25) is 0 Å². The molecule has 1 N–H and O–H groups in total. The molecule has 1 aromatic rings. The smallest absolute Gasteiger partial charge is 0.155 e. The van der Waals surface area contributed by atoms with E-state index >= 15 is 0 Å². The number of aromatic nitrogens is 2. The maximum atomic E-state index is 11.4. The molecule has 16 heavy (non-hydrogen) atoms. The molecule has 0 aliphatic carbocycles. The molecule has 2 heterocycles. The number of sulfone groups is 1. The topological polar surface area (TPSA) is 72.2 Å². The molecule has 1 aromatic heterocycles. The Kier molecular flexibility index (Phi) is 2.58. The second-order valence-corrected chi connectivity index (χ2v) is 6.61. The van der Waals surface area contributed by atoms with Gasteiger partial charge in [-0.05, 0) is 26.3 Å². The van der Waals surface area contributed by atoms with E-state index in [9.17, 15) is 13.5 Å². The predicted octanol–water partition coefficient (Wildman–Crippen LogP) is 0.139. The van der Waals surface area contributed by atoms with Crippen molar-refractivity contribution in [3.8, 4) is 0 Å². The highest BCUT2D eigenvalue weighted by Gasteiger charge is 2.39. The normalized spacial score (nSPS) is 28.5. The molecular formula is C10H16N2O3S. The summed E-state index contributed by atoms with van der Waals surface area (Å²) < 4.78 is 24.5. The Morgan fingerprint density at radius 3 is 2.31 bits per heavy atom. The number of nitrogens with zero attached hydrogens (tertiary/aromatic N) is 2. The molecule has 1 fully saturated rings. The molecule has 0 bridgehead atoms. The second-order valence-electron chi connectivity index (χ2n) is 4.45. The molecule has 6 heteroatoms. The predicted molar refractivity (Wildman–Crippen MR) is 60.1 cm³/mol. The molecule has 2 atom stereocenters. The van der Waals surface area contributed by atoms with Crippen molar-refractivity contribution >= 4 is 9.84 Å². The highest BCUT2D eigenvalue weighted by atomic mass is 32.2. The van der Waals surface area contributed by atoms with Crippen LogP contribution in [0.25, 0.3) is 0 Å². The van der Waals surface area contributed by atoms with Gasteiger partial charge in [-0.3, -0.25) is 4.68 Å². The zero-order valence-corrected chi connectivity index (χ0v) is 10.5. The van der Waals surface area contributed by atoms with E-state index in [-0.39, 0.29) is 11.5 Å². The molecule has 1 saturated heterocycles. The molecule has 90 valence electrons. The Morgan fingerprint density at radius 1 is 1.31 bits per heavy atom. The largest absolute Gasteiger partial charge is 0.390 e. The first-order valence-electron chi connectivity index (χ1n) is 5.22. The lowest BCUT2D eigenvalue weighted by atomic mass is 10.2. The first kappa shape index (κ1) is 11.6. The maximum absolute atomic E-state index is 11.4. The summed E-state index contributed by atoms with van der Waals surface area (Å²) in [5.41, 5.74) is 2.86. The minimum atomic E-state index is -3.12. The third kappa shape index (κ3) is 1.76. The van der Waals surface area contributed by atoms with Gasteiger partial charge in [0.1, 0.15) is 0 Å². The van der Waals surface area contributed by atoms with Gasteiger partial charge in [0.05, 0.1) is 29.3 Å². The number of aliphatic hydroxyl groups excluding tert-OH is 1. The Morgan fingerprint density at radius 2 is 1.94 bits per heavy atom. The third-order valence-corrected chi connectivity index (χ3v) is 4.99. The average Bonchev–Trinajstić information content (AvgIpc) is 2.57. The van der Waals surface area contributed by atoms with E-state index in [1.54, 1.807) is 4.68 Å². The molecule has 5 nitrogen and oxygen atoms in total. The highest BCUT2D eigenvalue weighted by Crippen LogP contribution is 2.26. The SMILES string of the molecule is Cc1nn(C2CS(=O)(=O)C[C@H]2O)c(C)c1C. The quantitative estimate of drug-likeness (QED) is 0.762. The van der Waals surface area contributed by atoms with Crippen LogP contribution in [0.5, 0.6) is 0 Å². The lowest BCUT2D eigenvalue weighted by Gasteiger charge is -2.15. The fourth-order valence-electron chi connectivity index (χ4n) is 2.11. The lowest BCUT2D eigenvalue weighted by molar-refractivity contribution is 0.145. The van der Waals surface area contributed by atoms with Crippen molar-refractivity contribution in [3.05, 3.63) is 17.0 Å². The summed E-state index contributed by atoms with van der Waals surface area (Å²) in [7, 11) is -3.12. The fraction of sp³-hybridized carbons (Fsp3) is 0.700. The van der Waals surface area contributed by atoms with Gasteiger partial charge in [0.25, 0.3) is 0 Å². The Labute approximate surface area is 95.0 Å². The second kappa shape index (κ2) is 3.56. The summed E-state index contributed by atoms with van der Waals surface area (Å²) >= 11 is 0. The van der Waals surface area contributed by atoms with Crippen molar-refractivity contribution in [1.82, 2.24) is 9.78 Å². The standard InChI is InChI=1S/C10H16N2O3S/c1-6-7(2)11-12(8(6)3)9-4-16(14,15)5-10(9)13/h9-10,13H,4-5H2,1-3H3/t9?,10-/m1/s1. The van der Waals surface area contributed by atoms with E-state index < -0.39 is 22.0 Å². The number of aryl methyl sites for hydroxylation is 1. The van der Waals surface area contributed by atoms with Gasteiger partial charge in [-0.2, -0.15) is 5.10 Å². The zero-order chi connectivity index (χ0) is 12.1. The monoisotopic (exact) mass is 244 g/mol. The van der Waals surface area contributed by atoms with E-state index in [2.05, 4.69) is 5.10 Å². The van der Waals surface area contributed by atoms with E-state index in [4.69, 9.17) is 0 Å². The van der Waals surface area contributed by atoms with E-state index in [0.717, 1.165) is 17.0 Å². The van der Waals surface area contributed by atoms with Crippen LogP contribution in [0.2, 0.25) is 0 Å². The van der Waals surface area contributed by atoms with Crippen LogP contribution < -0.4 is 0 Å². The summed E-state index contributed by atoms with van der Waals surface area (Å²) in [6.07, 6.45) is -0.845. The van der Waals surface area contributed by atoms with E-state index in [1.165, 1.54) is 0 Å². The van der Waals surface area contributed by atoms with Gasteiger partial charge in [-0.1, -0.05) is 0 Å². The van der Waals surface area contributed by atoms with Crippen molar-refractivity contribution in [2.75, 3.05) is 11.5 Å². The van der Waals surface area contributed by atoms with Crippen LogP contribution in [-0.4, -0.2) is 40.9 Å². The van der Waals surface area contributed by atoms with Crippen LogP contribution in [0.4, 0.5) is 0 Å². The zero-order valence-electron chi connectivity index (χ0n) is 9.64. The molecule has 0 saturated carbocycles. The van der Waals surface area contributed by atoms with Crippen LogP contribution in [0, 0.1) is 20.8 Å². The van der Waals surface area contributed by atoms with E-state index in [0.29, 0.717) is 0 Å². The number of hydrogen-bond donors (Lipinski definition) is 1. The van der Waals surface area contributed by atoms with Crippen LogP contribution in [-0.2, 0) is 9.84 Å². The molecule has 2 rings (SSSR count). The van der Waals surface area contributed by atoms with Crippen LogP contribution in [0.1, 0.15) is 23.0 Å². The van der Waals surface area contributed by atoms with Crippen molar-refractivity contribution in [1.29, 1.82) is 0 Å². The van der Waals surface area contributed by atoms with Crippen LogP contribution in [0.3, 0.4) is 0 Å². The first-order chi connectivity index (χ1) is 7.32. The highest BCUT2D eigenvalue weighted by molar-refractivity contribution is 7.91. The lowest BCUT2D eigenvalue weighted by Crippen LogP contribution is -2.24. The average molecular weight is 244 g/mol. The first-order valence-corrected chi connectivity index (χ1v) is 7.05. The summed E-state index contributed by atoms with van der Waals surface area (Å²) in [6, 6.07) is -0.433. The molecule has 1 unspecified atom stereocenters. The van der Waals surface area contributed by atoms with Gasteiger partial charge in [-0.15, -0.1) is 0 Å². The third-order valence-electron chi connectivity index (χ3n) is 3.29. The molecule has 0 amide bonds. The van der Waals surface area contributed by atoms with Gasteiger partial charge < -0.3 is 5.11 Å². The van der Waals surface area contributed by atoms with E-state index in [1.807, 2.05) is 20.8 Å². The van der Waals surface area contributed by atoms with Crippen molar-refractivity contribution < 1.29 is 13.5 Å². The summed E-state index contributed by atoms with van der Waals surface area (Å²) in [4.78, 5) is 0. The Balaban J connectivity index is 2.43. The van der Waals surface area contributed by atoms with Gasteiger partial charge in [0, 0.05) is 5.69 Å².